The number of hydrogen-bond donors (Lipinski definition) is 0. The Morgan fingerprint density at radius 1 is 0.750 bits per heavy atom. The Bertz CT molecular complexity index is 1630. The Morgan fingerprint density at radius 2 is 1.33 bits per heavy atom. The standard InChI is InChI=1S/C35H40O12S/c1-25-15-17-31(18-16-25)48(39,40)44-24-34(23-41-21-29-11-7-5-8-12-29)35(19-20-42-26(2)36,43-22-30-13-9-6-10-14-30)32(45-27(3)37)33(47-34)46-28(4)38/h5-18,32-33H,19-24H2,1-4H3/t32-,33?,34+,35?/m1/s1. The second-order valence-corrected chi connectivity index (χ2v) is 13.0. The summed E-state index contributed by atoms with van der Waals surface area (Å²) in [6.45, 7) is 3.90. The molecule has 0 spiro atoms. The van der Waals surface area contributed by atoms with Crippen LogP contribution in [0.5, 0.6) is 0 Å². The van der Waals surface area contributed by atoms with E-state index in [1.54, 1.807) is 36.4 Å². The Hall–Kier alpha value is -4.14. The lowest BCUT2D eigenvalue weighted by atomic mass is 9.78. The van der Waals surface area contributed by atoms with E-state index in [0.717, 1.165) is 25.0 Å². The molecule has 1 saturated heterocycles. The number of hydrogen-bond acceptors (Lipinski definition) is 12. The normalized spacial score (nSPS) is 22.2. The predicted octanol–water partition coefficient (Wildman–Crippen LogP) is 4.42. The van der Waals surface area contributed by atoms with Crippen molar-refractivity contribution in [3.63, 3.8) is 0 Å². The molecule has 48 heavy (non-hydrogen) atoms. The topological polar surface area (TPSA) is 150 Å². The predicted molar refractivity (Wildman–Crippen MR) is 171 cm³/mol. The smallest absolute Gasteiger partial charge is 0.305 e. The maximum absolute atomic E-state index is 13.6. The number of benzene rings is 3. The Balaban J connectivity index is 1.86. The van der Waals surface area contributed by atoms with Gasteiger partial charge in [-0.05, 0) is 30.2 Å². The van der Waals surface area contributed by atoms with Crippen LogP contribution in [0.25, 0.3) is 0 Å². The van der Waals surface area contributed by atoms with E-state index in [4.69, 9.17) is 32.6 Å². The summed E-state index contributed by atoms with van der Waals surface area (Å²) in [4.78, 5) is 36.8. The second kappa shape index (κ2) is 16.3. The number of rotatable bonds is 16. The zero-order chi connectivity index (χ0) is 34.8. The lowest BCUT2D eigenvalue weighted by Gasteiger charge is -2.44. The van der Waals surface area contributed by atoms with Crippen molar-refractivity contribution >= 4 is 28.0 Å². The van der Waals surface area contributed by atoms with Gasteiger partial charge in [0.25, 0.3) is 10.1 Å². The van der Waals surface area contributed by atoms with Gasteiger partial charge in [-0.1, -0.05) is 78.4 Å². The van der Waals surface area contributed by atoms with Crippen molar-refractivity contribution in [2.45, 2.75) is 75.8 Å². The van der Waals surface area contributed by atoms with Crippen LogP contribution in [0.3, 0.4) is 0 Å². The third-order valence-corrected chi connectivity index (χ3v) is 8.99. The molecule has 0 amide bonds. The maximum atomic E-state index is 13.6. The van der Waals surface area contributed by atoms with Crippen molar-refractivity contribution in [2.75, 3.05) is 19.8 Å². The Kier molecular flexibility index (Phi) is 12.5. The van der Waals surface area contributed by atoms with Crippen LogP contribution in [0.4, 0.5) is 0 Å². The van der Waals surface area contributed by atoms with Gasteiger partial charge in [-0.15, -0.1) is 0 Å². The molecule has 4 atom stereocenters. The molecule has 12 nitrogen and oxygen atoms in total. The van der Waals surface area contributed by atoms with Crippen LogP contribution in [-0.4, -0.2) is 69.7 Å². The van der Waals surface area contributed by atoms with Crippen LogP contribution in [0, 0.1) is 6.92 Å². The van der Waals surface area contributed by atoms with Crippen LogP contribution in [0.2, 0.25) is 0 Å². The van der Waals surface area contributed by atoms with Crippen molar-refractivity contribution < 1.29 is 55.4 Å². The van der Waals surface area contributed by atoms with E-state index >= 15 is 0 Å². The number of aryl methyl sites for hydroxylation is 1. The van der Waals surface area contributed by atoms with Gasteiger partial charge < -0.3 is 28.4 Å². The number of carbonyl (C=O) groups is 3. The average Bonchev–Trinajstić information content (AvgIpc) is 3.27. The largest absolute Gasteiger partial charge is 0.466 e. The van der Waals surface area contributed by atoms with Crippen molar-refractivity contribution in [3.05, 3.63) is 102 Å². The van der Waals surface area contributed by atoms with Crippen LogP contribution >= 0.6 is 0 Å². The van der Waals surface area contributed by atoms with E-state index in [-0.39, 0.29) is 31.1 Å². The van der Waals surface area contributed by atoms with Crippen molar-refractivity contribution in [3.8, 4) is 0 Å². The van der Waals surface area contributed by atoms with E-state index in [1.165, 1.54) is 19.1 Å². The molecule has 3 aromatic carbocycles. The monoisotopic (exact) mass is 684 g/mol. The van der Waals surface area contributed by atoms with E-state index < -0.39 is 64.8 Å². The molecule has 258 valence electrons. The molecule has 0 radical (unpaired) electrons. The van der Waals surface area contributed by atoms with Gasteiger partial charge >= 0.3 is 17.9 Å². The molecule has 0 aliphatic carbocycles. The van der Waals surface area contributed by atoms with Crippen molar-refractivity contribution in [2.24, 2.45) is 0 Å². The lowest BCUT2D eigenvalue weighted by molar-refractivity contribution is -0.234. The summed E-state index contributed by atoms with van der Waals surface area (Å²) in [5.41, 5.74) is -1.47. The van der Waals surface area contributed by atoms with E-state index in [9.17, 15) is 22.8 Å². The molecule has 2 unspecified atom stereocenters. The Labute approximate surface area is 280 Å². The molecule has 3 aromatic rings. The summed E-state index contributed by atoms with van der Waals surface area (Å²) in [5, 5.41) is 0. The number of carbonyl (C=O) groups excluding carboxylic acids is 3. The molecule has 13 heteroatoms. The molecule has 1 aliphatic rings. The third-order valence-electron chi connectivity index (χ3n) is 7.72. The van der Waals surface area contributed by atoms with Crippen LogP contribution in [-0.2, 0) is 70.3 Å². The summed E-state index contributed by atoms with van der Waals surface area (Å²) >= 11 is 0. The van der Waals surface area contributed by atoms with Gasteiger partial charge in [0.1, 0.15) is 12.2 Å². The molecule has 0 bridgehead atoms. The van der Waals surface area contributed by atoms with E-state index in [1.807, 2.05) is 43.3 Å². The molecule has 4 rings (SSSR count). The van der Waals surface area contributed by atoms with E-state index in [0.29, 0.717) is 5.56 Å². The van der Waals surface area contributed by atoms with E-state index in [2.05, 4.69) is 0 Å². The number of ether oxygens (including phenoxy) is 6. The average molecular weight is 685 g/mol. The lowest BCUT2D eigenvalue weighted by Crippen LogP contribution is -2.64. The minimum Gasteiger partial charge on any atom is -0.466 e. The fourth-order valence-electron chi connectivity index (χ4n) is 5.44. The first-order valence-corrected chi connectivity index (χ1v) is 16.7. The molecule has 1 aliphatic heterocycles. The summed E-state index contributed by atoms with van der Waals surface area (Å²) in [6, 6.07) is 24.3. The van der Waals surface area contributed by atoms with Gasteiger partial charge in [0.2, 0.25) is 6.29 Å². The first kappa shape index (κ1) is 36.7. The minimum absolute atomic E-state index is 0.0613. The summed E-state index contributed by atoms with van der Waals surface area (Å²) in [6.07, 6.45) is -3.28. The SMILES string of the molecule is CC(=O)OCCC1(OCc2ccccc2)[C@H](OC(C)=O)C(OC(C)=O)O[C@@]1(COCc1ccccc1)COS(=O)(=O)c1ccc(C)cc1. The molecule has 0 saturated carbocycles. The molecule has 0 aromatic heterocycles. The highest BCUT2D eigenvalue weighted by Gasteiger charge is 2.70. The molecule has 1 fully saturated rings. The van der Waals surface area contributed by atoms with Crippen LogP contribution in [0.1, 0.15) is 43.9 Å². The van der Waals surface area contributed by atoms with Crippen molar-refractivity contribution in [1.29, 1.82) is 0 Å². The Morgan fingerprint density at radius 3 is 1.90 bits per heavy atom. The first-order chi connectivity index (χ1) is 22.9. The summed E-state index contributed by atoms with van der Waals surface area (Å²) in [7, 11) is -4.40. The van der Waals surface area contributed by atoms with Gasteiger partial charge in [0.15, 0.2) is 11.7 Å². The summed E-state index contributed by atoms with van der Waals surface area (Å²) in [5.74, 6) is -2.14. The second-order valence-electron chi connectivity index (χ2n) is 11.4. The van der Waals surface area contributed by atoms with Gasteiger partial charge in [0.05, 0.1) is 31.3 Å². The highest BCUT2D eigenvalue weighted by molar-refractivity contribution is 7.86. The first-order valence-electron chi connectivity index (χ1n) is 15.3. The zero-order valence-corrected chi connectivity index (χ0v) is 28.1. The van der Waals surface area contributed by atoms with Gasteiger partial charge in [0, 0.05) is 27.2 Å². The summed E-state index contributed by atoms with van der Waals surface area (Å²) < 4.78 is 68.6. The molecule has 1 heterocycles. The highest BCUT2D eigenvalue weighted by atomic mass is 32.2. The van der Waals surface area contributed by atoms with Crippen LogP contribution < -0.4 is 0 Å². The van der Waals surface area contributed by atoms with Gasteiger partial charge in [-0.25, -0.2) is 0 Å². The number of esters is 3. The maximum Gasteiger partial charge on any atom is 0.305 e. The van der Waals surface area contributed by atoms with Gasteiger partial charge in [-0.2, -0.15) is 8.42 Å². The fraction of sp³-hybridized carbons (Fsp3) is 0.400. The quantitative estimate of drug-likeness (QED) is 0.119. The van der Waals surface area contributed by atoms with Crippen molar-refractivity contribution in [1.82, 2.24) is 0 Å². The molecular weight excluding hydrogens is 644 g/mol. The third kappa shape index (κ3) is 9.26. The fourth-order valence-corrected chi connectivity index (χ4v) is 6.39. The van der Waals surface area contributed by atoms with Gasteiger partial charge in [-0.3, -0.25) is 18.6 Å². The highest BCUT2D eigenvalue weighted by Crippen LogP contribution is 2.49. The molecular formula is C35H40O12S. The van der Waals surface area contributed by atoms with Crippen LogP contribution in [0.15, 0.2) is 89.8 Å². The molecule has 0 N–H and O–H groups in total. The minimum atomic E-state index is -4.40. The zero-order valence-electron chi connectivity index (χ0n) is 27.3.